The molecule has 0 saturated carbocycles. The normalized spacial score (nSPS) is 10.4. The molecule has 1 heterocycles. The van der Waals surface area contributed by atoms with Crippen molar-refractivity contribution in [3.05, 3.63) is 63.8 Å². The number of hydrogen-bond acceptors (Lipinski definition) is 2. The van der Waals surface area contributed by atoms with Crippen molar-refractivity contribution in [2.75, 3.05) is 5.32 Å². The minimum absolute atomic E-state index is 0. The number of pyridine rings is 1. The molecule has 114 valence electrons. The van der Waals surface area contributed by atoms with Crippen LogP contribution in [0, 0.1) is 13.8 Å². The van der Waals surface area contributed by atoms with Crippen LogP contribution >= 0.6 is 23.2 Å². The summed E-state index contributed by atoms with van der Waals surface area (Å²) in [6, 6.07) is 13.7. The lowest BCUT2D eigenvalue weighted by atomic mass is 10.1. The Kier molecular flexibility index (Phi) is 5.17. The third-order valence-electron chi connectivity index (χ3n) is 3.37. The molecule has 2 aromatic carbocycles. The van der Waals surface area contributed by atoms with Crippen LogP contribution in [0.25, 0.3) is 10.9 Å². The van der Waals surface area contributed by atoms with Gasteiger partial charge in [0.2, 0.25) is 0 Å². The molecular weight excluding hydrogens is 339 g/mol. The predicted molar refractivity (Wildman–Crippen MR) is 91.0 cm³/mol. The van der Waals surface area contributed by atoms with Crippen molar-refractivity contribution in [1.82, 2.24) is 4.98 Å². The highest BCUT2D eigenvalue weighted by molar-refractivity contribution is 6.42. The maximum absolute atomic E-state index is 6.07. The number of aryl methyl sites for hydroxylation is 2. The lowest BCUT2D eigenvalue weighted by Gasteiger charge is -2.12. The Hall–Kier alpha value is -1.48. The number of aromatic nitrogens is 1. The summed E-state index contributed by atoms with van der Waals surface area (Å²) in [6.45, 7) is 4.06. The zero-order chi connectivity index (χ0) is 15.0. The fourth-order valence-corrected chi connectivity index (χ4v) is 2.65. The molecule has 3 rings (SSSR count). The van der Waals surface area contributed by atoms with Crippen LogP contribution in [0.4, 0.5) is 11.4 Å². The fourth-order valence-electron chi connectivity index (χ4n) is 2.35. The number of rotatable bonds is 2. The van der Waals surface area contributed by atoms with Gasteiger partial charge in [0.25, 0.3) is 0 Å². The molecule has 3 aromatic rings. The van der Waals surface area contributed by atoms with Crippen molar-refractivity contribution >= 4 is 45.5 Å². The molecule has 0 aliphatic rings. The highest BCUT2D eigenvalue weighted by atomic mass is 35.5. The zero-order valence-electron chi connectivity index (χ0n) is 12.1. The summed E-state index contributed by atoms with van der Waals surface area (Å²) < 4.78 is 0. The maximum Gasteiger partial charge on any atom is 0.0755 e. The average molecular weight is 353 g/mol. The molecule has 1 N–H and O–H groups in total. The third-order valence-corrected chi connectivity index (χ3v) is 4.11. The van der Waals surface area contributed by atoms with Gasteiger partial charge in [0, 0.05) is 22.5 Å². The van der Waals surface area contributed by atoms with Crippen LogP contribution < -0.4 is 17.7 Å². The molecule has 0 spiro atoms. The van der Waals surface area contributed by atoms with E-state index in [2.05, 4.69) is 29.4 Å². The topological polar surface area (TPSA) is 24.9 Å². The van der Waals surface area contributed by atoms with Crippen LogP contribution in [0.3, 0.4) is 0 Å². The second kappa shape index (κ2) is 6.74. The van der Waals surface area contributed by atoms with E-state index in [1.807, 2.05) is 31.2 Å². The summed E-state index contributed by atoms with van der Waals surface area (Å²) in [5.74, 6) is 0. The fraction of sp³-hybridized carbons (Fsp3) is 0.118. The van der Waals surface area contributed by atoms with Crippen LogP contribution in [-0.4, -0.2) is 4.98 Å². The summed E-state index contributed by atoms with van der Waals surface area (Å²) in [7, 11) is 0. The first-order valence-electron chi connectivity index (χ1n) is 6.63. The van der Waals surface area contributed by atoms with Crippen LogP contribution in [0.5, 0.6) is 0 Å². The van der Waals surface area contributed by atoms with Crippen LogP contribution in [0.15, 0.2) is 42.5 Å². The summed E-state index contributed by atoms with van der Waals surface area (Å²) in [5, 5.41) is 5.57. The molecule has 0 saturated heterocycles. The first kappa shape index (κ1) is 16.9. The van der Waals surface area contributed by atoms with Gasteiger partial charge >= 0.3 is 0 Å². The lowest BCUT2D eigenvalue weighted by Crippen LogP contribution is -3.00. The van der Waals surface area contributed by atoms with Gasteiger partial charge < -0.3 is 17.7 Å². The monoisotopic (exact) mass is 351 g/mol. The van der Waals surface area contributed by atoms with Crippen LogP contribution in [0.2, 0.25) is 10.0 Å². The zero-order valence-corrected chi connectivity index (χ0v) is 14.4. The van der Waals surface area contributed by atoms with Crippen molar-refractivity contribution < 1.29 is 12.4 Å². The minimum Gasteiger partial charge on any atom is -1.00 e. The van der Waals surface area contributed by atoms with Crippen molar-refractivity contribution in [2.45, 2.75) is 13.8 Å². The van der Waals surface area contributed by atoms with E-state index in [4.69, 9.17) is 23.2 Å². The number of nitrogens with zero attached hydrogens (tertiary/aromatic N) is 1. The third kappa shape index (κ3) is 3.30. The highest BCUT2D eigenvalue weighted by Crippen LogP contribution is 2.31. The second-order valence-electron chi connectivity index (χ2n) is 5.04. The van der Waals surface area contributed by atoms with E-state index in [9.17, 15) is 0 Å². The number of hydrogen-bond donors (Lipinski definition) is 1. The van der Waals surface area contributed by atoms with Gasteiger partial charge in [0.05, 0.1) is 15.6 Å². The predicted octanol–water partition coefficient (Wildman–Crippen LogP) is 2.91. The Morgan fingerprint density at radius 3 is 2.45 bits per heavy atom. The van der Waals surface area contributed by atoms with Gasteiger partial charge in [-0.05, 0) is 43.7 Å². The SMILES string of the molecule is Cc1cc(Nc2ccc(Cl)c(Cl)c2)c2cccc(C)c2n1.[Cl-]. The number of anilines is 2. The van der Waals surface area contributed by atoms with E-state index in [1.54, 1.807) is 6.07 Å². The molecule has 0 amide bonds. The van der Waals surface area contributed by atoms with E-state index >= 15 is 0 Å². The van der Waals surface area contributed by atoms with Crippen LogP contribution in [0.1, 0.15) is 11.3 Å². The number of para-hydroxylation sites is 1. The van der Waals surface area contributed by atoms with E-state index in [1.165, 1.54) is 0 Å². The molecular formula is C17H14Cl3N2-. The molecule has 0 aliphatic carbocycles. The van der Waals surface area contributed by atoms with E-state index in [0.717, 1.165) is 33.5 Å². The van der Waals surface area contributed by atoms with Crippen molar-refractivity contribution in [3.63, 3.8) is 0 Å². The Balaban J connectivity index is 0.00000176. The highest BCUT2D eigenvalue weighted by Gasteiger charge is 2.07. The molecule has 5 heteroatoms. The summed E-state index contributed by atoms with van der Waals surface area (Å²) in [4.78, 5) is 4.62. The maximum atomic E-state index is 6.07. The Morgan fingerprint density at radius 1 is 0.955 bits per heavy atom. The molecule has 0 fully saturated rings. The second-order valence-corrected chi connectivity index (χ2v) is 5.85. The summed E-state index contributed by atoms with van der Waals surface area (Å²) in [6.07, 6.45) is 0. The van der Waals surface area contributed by atoms with Crippen LogP contribution in [-0.2, 0) is 0 Å². The Morgan fingerprint density at radius 2 is 1.73 bits per heavy atom. The number of benzene rings is 2. The molecule has 0 aliphatic heterocycles. The minimum atomic E-state index is 0. The number of nitrogens with one attached hydrogen (secondary N) is 1. The average Bonchev–Trinajstić information content (AvgIpc) is 2.44. The van der Waals surface area contributed by atoms with Crippen molar-refractivity contribution in [2.24, 2.45) is 0 Å². The van der Waals surface area contributed by atoms with Gasteiger partial charge in [0.1, 0.15) is 0 Å². The van der Waals surface area contributed by atoms with E-state index in [-0.39, 0.29) is 12.4 Å². The Labute approximate surface area is 145 Å². The molecule has 1 aromatic heterocycles. The van der Waals surface area contributed by atoms with Crippen molar-refractivity contribution in [1.29, 1.82) is 0 Å². The van der Waals surface area contributed by atoms with Gasteiger partial charge in [-0.25, -0.2) is 0 Å². The van der Waals surface area contributed by atoms with Gasteiger partial charge in [0.15, 0.2) is 0 Å². The summed E-state index contributed by atoms with van der Waals surface area (Å²) in [5.41, 5.74) is 5.06. The molecule has 2 nitrogen and oxygen atoms in total. The first-order valence-corrected chi connectivity index (χ1v) is 7.39. The molecule has 0 radical (unpaired) electrons. The van der Waals surface area contributed by atoms with Gasteiger partial charge in [-0.15, -0.1) is 0 Å². The van der Waals surface area contributed by atoms with Gasteiger partial charge in [-0.3, -0.25) is 4.98 Å². The number of halogens is 3. The van der Waals surface area contributed by atoms with Gasteiger partial charge in [-0.1, -0.05) is 41.4 Å². The largest absolute Gasteiger partial charge is 1.00 e. The van der Waals surface area contributed by atoms with Gasteiger partial charge in [-0.2, -0.15) is 0 Å². The quantitative estimate of drug-likeness (QED) is 0.767. The van der Waals surface area contributed by atoms with E-state index in [0.29, 0.717) is 10.0 Å². The molecule has 22 heavy (non-hydrogen) atoms. The molecule has 0 unspecified atom stereocenters. The lowest BCUT2D eigenvalue weighted by molar-refractivity contribution is -0.00000416. The smallest absolute Gasteiger partial charge is 0.0755 e. The molecule has 0 bridgehead atoms. The standard InChI is InChI=1S/C17H14Cl2N2.ClH/c1-10-4-3-5-13-16(8-11(2)20-17(10)13)21-12-6-7-14(18)15(19)9-12;/h3-9H,1-2H3,(H,20,21);1H/p-1. The summed E-state index contributed by atoms with van der Waals surface area (Å²) >= 11 is 12.0. The molecule has 0 atom stereocenters. The van der Waals surface area contributed by atoms with E-state index < -0.39 is 0 Å². The van der Waals surface area contributed by atoms with Crippen molar-refractivity contribution in [3.8, 4) is 0 Å². The first-order chi connectivity index (χ1) is 10.0. The number of fused-ring (bicyclic) bond motifs is 1. The Bertz CT molecular complexity index is 831.